The normalized spacial score (nSPS) is 12.6. The summed E-state index contributed by atoms with van der Waals surface area (Å²) in [4.78, 5) is 1.23. The van der Waals surface area contributed by atoms with Crippen LogP contribution in [0.15, 0.2) is 29.2 Å². The first-order valence-corrected chi connectivity index (χ1v) is 7.28. The average molecular weight is 255 g/mol. The van der Waals surface area contributed by atoms with Crippen LogP contribution in [-0.4, -0.2) is 19.0 Å². The molecule has 0 saturated heterocycles. The molecule has 0 aliphatic carbocycles. The Morgan fingerprint density at radius 1 is 1.29 bits per heavy atom. The highest BCUT2D eigenvalue weighted by molar-refractivity contribution is 7.99. The van der Waals surface area contributed by atoms with Crippen molar-refractivity contribution in [1.82, 2.24) is 5.32 Å². The van der Waals surface area contributed by atoms with Gasteiger partial charge in [-0.05, 0) is 44.0 Å². The van der Waals surface area contributed by atoms with E-state index in [1.165, 1.54) is 10.5 Å². The minimum Gasteiger partial charge on any atom is -0.310 e. The molecule has 1 atom stereocenters. The zero-order chi connectivity index (χ0) is 12.5. The van der Waals surface area contributed by atoms with Crippen molar-refractivity contribution in [1.29, 1.82) is 0 Å². The van der Waals surface area contributed by atoms with E-state index in [1.54, 1.807) is 11.8 Å². The average Bonchev–Trinajstić information content (AvgIpc) is 2.37. The monoisotopic (exact) mass is 255 g/mol. The van der Waals surface area contributed by atoms with E-state index in [9.17, 15) is 4.39 Å². The van der Waals surface area contributed by atoms with Crippen LogP contribution in [0.4, 0.5) is 4.39 Å². The van der Waals surface area contributed by atoms with Crippen molar-refractivity contribution in [2.75, 3.05) is 19.0 Å². The highest BCUT2D eigenvalue weighted by Crippen LogP contribution is 2.21. The van der Waals surface area contributed by atoms with E-state index in [0.717, 1.165) is 18.7 Å². The summed E-state index contributed by atoms with van der Waals surface area (Å²) in [5.41, 5.74) is 1.31. The van der Waals surface area contributed by atoms with Crippen LogP contribution < -0.4 is 5.32 Å². The van der Waals surface area contributed by atoms with Gasteiger partial charge in [0.05, 0.1) is 6.67 Å². The Bertz CT molecular complexity index is 300. The van der Waals surface area contributed by atoms with Gasteiger partial charge in [0, 0.05) is 16.7 Å². The maximum atomic E-state index is 12.0. The standard InChI is InChI=1S/C14H22FNS/c1-3-10-16-12(2)13-5-7-14(8-6-13)17-11-4-9-15/h5-8,12,16H,3-4,9-11H2,1-2H3. The molecule has 0 aliphatic rings. The third-order valence-corrected chi connectivity index (χ3v) is 3.73. The second-order valence-corrected chi connectivity index (χ2v) is 5.30. The van der Waals surface area contributed by atoms with Crippen molar-refractivity contribution in [3.05, 3.63) is 29.8 Å². The van der Waals surface area contributed by atoms with Crippen molar-refractivity contribution >= 4 is 11.8 Å². The van der Waals surface area contributed by atoms with E-state index in [1.807, 2.05) is 0 Å². The van der Waals surface area contributed by atoms with Gasteiger partial charge in [-0.15, -0.1) is 11.8 Å². The molecule has 0 heterocycles. The number of nitrogens with one attached hydrogen (secondary N) is 1. The lowest BCUT2D eigenvalue weighted by Crippen LogP contribution is -2.19. The number of halogens is 1. The smallest absolute Gasteiger partial charge is 0.0902 e. The zero-order valence-electron chi connectivity index (χ0n) is 10.7. The van der Waals surface area contributed by atoms with E-state index >= 15 is 0 Å². The third-order valence-electron chi connectivity index (χ3n) is 2.63. The fourth-order valence-electron chi connectivity index (χ4n) is 1.58. The van der Waals surface area contributed by atoms with Crippen LogP contribution >= 0.6 is 11.8 Å². The summed E-state index contributed by atoms with van der Waals surface area (Å²) in [5.74, 6) is 0.861. The van der Waals surface area contributed by atoms with E-state index in [-0.39, 0.29) is 6.67 Å². The Morgan fingerprint density at radius 2 is 2.00 bits per heavy atom. The largest absolute Gasteiger partial charge is 0.310 e. The molecular weight excluding hydrogens is 233 g/mol. The van der Waals surface area contributed by atoms with Gasteiger partial charge in [-0.2, -0.15) is 0 Å². The minimum absolute atomic E-state index is 0.219. The molecule has 0 saturated carbocycles. The topological polar surface area (TPSA) is 12.0 Å². The lowest BCUT2D eigenvalue weighted by molar-refractivity contribution is 0.489. The van der Waals surface area contributed by atoms with Crippen molar-refractivity contribution < 1.29 is 4.39 Å². The van der Waals surface area contributed by atoms with Gasteiger partial charge in [-0.25, -0.2) is 0 Å². The summed E-state index contributed by atoms with van der Waals surface area (Å²) in [6.45, 7) is 5.18. The van der Waals surface area contributed by atoms with Crippen molar-refractivity contribution in [2.45, 2.75) is 37.6 Å². The summed E-state index contributed by atoms with van der Waals surface area (Å²) in [6.07, 6.45) is 1.79. The molecule has 1 aromatic rings. The van der Waals surface area contributed by atoms with Gasteiger partial charge in [0.2, 0.25) is 0 Å². The SMILES string of the molecule is CCCNC(C)c1ccc(SCCCF)cc1. The van der Waals surface area contributed by atoms with E-state index in [0.29, 0.717) is 12.5 Å². The maximum absolute atomic E-state index is 12.0. The van der Waals surface area contributed by atoms with Crippen LogP contribution in [0.5, 0.6) is 0 Å². The highest BCUT2D eigenvalue weighted by atomic mass is 32.2. The molecule has 1 N–H and O–H groups in total. The summed E-state index contributed by atoms with van der Waals surface area (Å²) >= 11 is 1.72. The van der Waals surface area contributed by atoms with Crippen molar-refractivity contribution in [3.8, 4) is 0 Å². The first kappa shape index (κ1) is 14.5. The molecule has 0 fully saturated rings. The van der Waals surface area contributed by atoms with Crippen LogP contribution in [0.1, 0.15) is 38.3 Å². The van der Waals surface area contributed by atoms with Gasteiger partial charge >= 0.3 is 0 Å². The second-order valence-electron chi connectivity index (χ2n) is 4.14. The van der Waals surface area contributed by atoms with Crippen LogP contribution in [0.2, 0.25) is 0 Å². The first-order valence-electron chi connectivity index (χ1n) is 6.30. The van der Waals surface area contributed by atoms with Crippen LogP contribution in [-0.2, 0) is 0 Å². The van der Waals surface area contributed by atoms with Crippen LogP contribution in [0.3, 0.4) is 0 Å². The number of rotatable bonds is 8. The Hall–Kier alpha value is -0.540. The molecule has 17 heavy (non-hydrogen) atoms. The van der Waals surface area contributed by atoms with Gasteiger partial charge in [0.15, 0.2) is 0 Å². The molecule has 1 aromatic carbocycles. The van der Waals surface area contributed by atoms with Gasteiger partial charge < -0.3 is 5.32 Å². The quantitative estimate of drug-likeness (QED) is 0.552. The van der Waals surface area contributed by atoms with E-state index < -0.39 is 0 Å². The fourth-order valence-corrected chi connectivity index (χ4v) is 2.39. The summed E-state index contributed by atoms with van der Waals surface area (Å²) in [5, 5.41) is 3.46. The Labute approximate surface area is 108 Å². The molecule has 0 bridgehead atoms. The second kappa shape index (κ2) is 8.54. The predicted molar refractivity (Wildman–Crippen MR) is 74.5 cm³/mol. The minimum atomic E-state index is -0.219. The Balaban J connectivity index is 2.43. The third kappa shape index (κ3) is 5.55. The maximum Gasteiger partial charge on any atom is 0.0902 e. The zero-order valence-corrected chi connectivity index (χ0v) is 11.5. The molecule has 0 aromatic heterocycles. The molecule has 1 rings (SSSR count). The lowest BCUT2D eigenvalue weighted by Gasteiger charge is -2.13. The van der Waals surface area contributed by atoms with Crippen molar-refractivity contribution in [3.63, 3.8) is 0 Å². The van der Waals surface area contributed by atoms with Gasteiger partial charge in [0.1, 0.15) is 0 Å². The van der Waals surface area contributed by atoms with E-state index in [4.69, 9.17) is 0 Å². The first-order chi connectivity index (χ1) is 8.27. The lowest BCUT2D eigenvalue weighted by atomic mass is 10.1. The molecule has 3 heteroatoms. The summed E-state index contributed by atoms with van der Waals surface area (Å²) in [7, 11) is 0. The number of hydrogen-bond donors (Lipinski definition) is 1. The predicted octanol–water partition coefficient (Wildman–Crippen LogP) is 4.20. The Kier molecular flexibility index (Phi) is 7.29. The highest BCUT2D eigenvalue weighted by Gasteiger charge is 2.03. The summed E-state index contributed by atoms with van der Waals surface area (Å²) in [6, 6.07) is 8.97. The van der Waals surface area contributed by atoms with Gasteiger partial charge in [-0.1, -0.05) is 19.1 Å². The molecule has 0 spiro atoms. The van der Waals surface area contributed by atoms with Gasteiger partial charge in [-0.3, -0.25) is 4.39 Å². The number of benzene rings is 1. The Morgan fingerprint density at radius 3 is 2.59 bits per heavy atom. The van der Waals surface area contributed by atoms with Crippen molar-refractivity contribution in [2.24, 2.45) is 0 Å². The molecule has 0 amide bonds. The number of alkyl halides is 1. The number of hydrogen-bond acceptors (Lipinski definition) is 2. The molecule has 1 nitrogen and oxygen atoms in total. The molecule has 1 unspecified atom stereocenters. The molecule has 0 radical (unpaired) electrons. The van der Waals surface area contributed by atoms with Gasteiger partial charge in [0.25, 0.3) is 0 Å². The number of thioether (sulfide) groups is 1. The molecule has 96 valence electrons. The van der Waals surface area contributed by atoms with E-state index in [2.05, 4.69) is 43.4 Å². The molecule has 0 aliphatic heterocycles. The fraction of sp³-hybridized carbons (Fsp3) is 0.571. The van der Waals surface area contributed by atoms with Crippen LogP contribution in [0.25, 0.3) is 0 Å². The molecular formula is C14H22FNS. The van der Waals surface area contributed by atoms with Crippen LogP contribution in [0, 0.1) is 0 Å². The summed E-state index contributed by atoms with van der Waals surface area (Å²) < 4.78 is 12.0.